The van der Waals surface area contributed by atoms with Crippen LogP contribution >= 0.6 is 0 Å². The predicted octanol–water partition coefficient (Wildman–Crippen LogP) is 3.81. The number of hydrogen-bond donors (Lipinski definition) is 1. The second kappa shape index (κ2) is 7.16. The molecule has 1 aromatic carbocycles. The van der Waals surface area contributed by atoms with E-state index in [0.717, 1.165) is 37.1 Å². The zero-order chi connectivity index (χ0) is 22.5. The van der Waals surface area contributed by atoms with Crippen molar-refractivity contribution in [3.63, 3.8) is 0 Å². The monoisotopic (exact) mass is 352 g/mol. The summed E-state index contributed by atoms with van der Waals surface area (Å²) in [6.45, 7) is 2.52. The third-order valence-corrected chi connectivity index (χ3v) is 5.41. The van der Waals surface area contributed by atoms with Crippen molar-refractivity contribution < 1.29 is 21.4 Å². The normalized spacial score (nSPS) is 30.8. The number of ether oxygens (including phenoxy) is 2. The van der Waals surface area contributed by atoms with Gasteiger partial charge in [-0.15, -0.1) is 0 Å². The number of hydrogen-bond acceptors (Lipinski definition) is 4. The van der Waals surface area contributed by atoms with Crippen LogP contribution in [0.15, 0.2) is 12.1 Å². The average Bonchev–Trinajstić information content (AvgIpc) is 2.59. The minimum Gasteiger partial charge on any atom is -0.493 e. The molecule has 2 aliphatic rings. The topological polar surface area (TPSA) is 41.9 Å². The van der Waals surface area contributed by atoms with Crippen LogP contribution in [0.2, 0.25) is 0 Å². The summed E-state index contributed by atoms with van der Waals surface area (Å²) in [4.78, 5) is 2.41. The first kappa shape index (κ1) is 13.0. The highest BCUT2D eigenvalue weighted by Crippen LogP contribution is 2.44. The van der Waals surface area contributed by atoms with Crippen LogP contribution < -0.4 is 9.47 Å². The molecule has 25 heavy (non-hydrogen) atoms. The molecule has 1 saturated heterocycles. The molecule has 0 spiro atoms. The van der Waals surface area contributed by atoms with Crippen molar-refractivity contribution in [3.05, 3.63) is 23.3 Å². The lowest BCUT2D eigenvalue weighted by Gasteiger charge is -2.47. The maximum Gasteiger partial charge on any atom is 0.161 e. The van der Waals surface area contributed by atoms with Crippen molar-refractivity contribution >= 4 is 0 Å². The summed E-state index contributed by atoms with van der Waals surface area (Å²) in [7, 11) is 1.45. The number of rotatable bonds is 4. The molecule has 4 nitrogen and oxygen atoms in total. The first-order chi connectivity index (χ1) is 13.7. The molecule has 0 radical (unpaired) electrons. The van der Waals surface area contributed by atoms with Gasteiger partial charge in [0.15, 0.2) is 11.5 Å². The van der Waals surface area contributed by atoms with E-state index in [1.54, 1.807) is 6.07 Å². The molecule has 1 N–H and O–H groups in total. The first-order valence-corrected chi connectivity index (χ1v) is 9.04. The molecule has 1 fully saturated rings. The molecule has 3 atom stereocenters. The molecule has 2 heterocycles. The van der Waals surface area contributed by atoms with Gasteiger partial charge in [-0.3, -0.25) is 4.90 Å². The van der Waals surface area contributed by atoms with Gasteiger partial charge < -0.3 is 14.6 Å². The minimum absolute atomic E-state index is 0.0577. The summed E-state index contributed by atoms with van der Waals surface area (Å²) in [5.41, 5.74) is 2.17. The summed E-state index contributed by atoms with van der Waals surface area (Å²) < 4.78 is 48.4. The van der Waals surface area contributed by atoms with Gasteiger partial charge >= 0.3 is 0 Å². The number of benzene rings is 1. The summed E-state index contributed by atoms with van der Waals surface area (Å²) in [5, 5.41) is 10.8. The Hall–Kier alpha value is -1.26. The van der Waals surface area contributed by atoms with Crippen molar-refractivity contribution in [2.45, 2.75) is 59.0 Å². The van der Waals surface area contributed by atoms with E-state index < -0.39 is 13.4 Å². The fourth-order valence-corrected chi connectivity index (χ4v) is 4.38. The Kier molecular flexibility index (Phi) is 3.72. The van der Waals surface area contributed by atoms with Gasteiger partial charge in [-0.25, -0.2) is 0 Å². The highest BCUT2D eigenvalue weighted by Gasteiger charge is 2.39. The molecular formula is C21H33NO3. The maximum absolute atomic E-state index is 10.8. The fourth-order valence-electron chi connectivity index (χ4n) is 4.38. The predicted molar refractivity (Wildman–Crippen MR) is 100 cm³/mol. The van der Waals surface area contributed by atoms with Crippen LogP contribution in [0, 0.1) is 11.3 Å². The number of aliphatic hydroxyl groups is 1. The van der Waals surface area contributed by atoms with Gasteiger partial charge in [0.05, 0.1) is 22.5 Å². The quantitative estimate of drug-likeness (QED) is 0.895. The molecule has 0 amide bonds. The molecular weight excluding hydrogens is 314 g/mol. The number of nitrogens with zero attached hydrogens (tertiary/aromatic N) is 1. The molecule has 0 unspecified atom stereocenters. The van der Waals surface area contributed by atoms with Crippen LogP contribution in [0.25, 0.3) is 0 Å². The van der Waals surface area contributed by atoms with Gasteiger partial charge in [-0.1, -0.05) is 20.8 Å². The van der Waals surface area contributed by atoms with E-state index in [9.17, 15) is 5.11 Å². The Morgan fingerprint density at radius 2 is 2.16 bits per heavy atom. The van der Waals surface area contributed by atoms with E-state index in [-0.39, 0.29) is 29.2 Å². The zero-order valence-corrected chi connectivity index (χ0v) is 15.6. The summed E-state index contributed by atoms with van der Waals surface area (Å²) in [5.74, 6) is 0.627. The molecule has 0 saturated carbocycles. The third-order valence-electron chi connectivity index (χ3n) is 5.41. The average molecular weight is 353 g/mol. The summed E-state index contributed by atoms with van der Waals surface area (Å²) in [6, 6.07) is 3.57. The van der Waals surface area contributed by atoms with Crippen LogP contribution in [0.3, 0.4) is 0 Å². The van der Waals surface area contributed by atoms with Crippen LogP contribution in [0.4, 0.5) is 0 Å². The first-order valence-electron chi connectivity index (χ1n) is 11.5. The molecule has 4 heteroatoms. The van der Waals surface area contributed by atoms with Gasteiger partial charge in [0.1, 0.15) is 0 Å². The van der Waals surface area contributed by atoms with Crippen LogP contribution in [0.5, 0.6) is 11.5 Å². The molecule has 2 aliphatic heterocycles. The summed E-state index contributed by atoms with van der Waals surface area (Å²) >= 11 is 0. The second-order valence-corrected chi connectivity index (χ2v) is 8.49. The Morgan fingerprint density at radius 1 is 1.36 bits per heavy atom. The molecule has 140 valence electrons. The number of aliphatic hydroxyl groups excluding tert-OH is 1. The number of methoxy groups -OCH3 is 1. The van der Waals surface area contributed by atoms with Crippen molar-refractivity contribution in [1.29, 1.82) is 0 Å². The van der Waals surface area contributed by atoms with Gasteiger partial charge in [0.2, 0.25) is 0 Å². The van der Waals surface area contributed by atoms with E-state index in [1.165, 1.54) is 7.11 Å². The molecule has 1 aromatic rings. The lowest BCUT2D eigenvalue weighted by atomic mass is 9.75. The fraction of sp³-hybridized carbons (Fsp3) is 0.714. The Balaban J connectivity index is 1.88. The largest absolute Gasteiger partial charge is 0.493 e. The van der Waals surface area contributed by atoms with Crippen LogP contribution in [-0.4, -0.2) is 42.9 Å². The van der Waals surface area contributed by atoms with E-state index in [0.29, 0.717) is 12.2 Å². The van der Waals surface area contributed by atoms with Gasteiger partial charge in [0.25, 0.3) is 0 Å². The van der Waals surface area contributed by atoms with Crippen LogP contribution in [0.1, 0.15) is 64.5 Å². The molecule has 0 aromatic heterocycles. The number of fused-ring (bicyclic) bond motifs is 3. The van der Waals surface area contributed by atoms with E-state index in [2.05, 4.69) is 25.7 Å². The molecule has 3 rings (SSSR count). The van der Waals surface area contributed by atoms with E-state index in [4.69, 9.17) is 16.3 Å². The molecule has 0 bridgehead atoms. The van der Waals surface area contributed by atoms with Crippen molar-refractivity contribution in [3.8, 4) is 11.5 Å². The van der Waals surface area contributed by atoms with Crippen molar-refractivity contribution in [2.24, 2.45) is 11.3 Å². The Labute approximate surface area is 159 Å². The maximum atomic E-state index is 10.8. The van der Waals surface area contributed by atoms with Crippen molar-refractivity contribution in [1.82, 2.24) is 4.90 Å². The van der Waals surface area contributed by atoms with Crippen LogP contribution in [-0.2, 0) is 6.42 Å². The number of piperidine rings is 1. The third kappa shape index (κ3) is 3.95. The Bertz CT molecular complexity index is 775. The van der Waals surface area contributed by atoms with Gasteiger partial charge in [-0.2, -0.15) is 0 Å². The Morgan fingerprint density at radius 3 is 2.84 bits per heavy atom. The van der Waals surface area contributed by atoms with Crippen molar-refractivity contribution in [2.75, 3.05) is 26.8 Å². The standard InChI is InChI=1S/C21H33NO3/c1-6-25-20-9-14-7-8-22-13-15(12-21(2,3)4)18(23)11-17(22)16(14)10-19(20)24-5/h9-10,15,17-18,23H,6-8,11-13H2,1-5H3/t15-,17-,18-/m1/s1/i1D3,6D2. The highest BCUT2D eigenvalue weighted by atomic mass is 16.5. The molecule has 0 aliphatic carbocycles. The minimum atomic E-state index is -2.92. The van der Waals surface area contributed by atoms with Gasteiger partial charge in [-0.05, 0) is 60.7 Å². The lowest BCUT2D eigenvalue weighted by Crippen LogP contribution is -2.48. The summed E-state index contributed by atoms with van der Waals surface area (Å²) in [6.07, 6.45) is 1.96. The van der Waals surface area contributed by atoms with Gasteiger partial charge in [0, 0.05) is 23.2 Å². The highest BCUT2D eigenvalue weighted by molar-refractivity contribution is 5.49. The second-order valence-electron chi connectivity index (χ2n) is 8.49. The van der Waals surface area contributed by atoms with E-state index >= 15 is 0 Å². The smallest absolute Gasteiger partial charge is 0.161 e. The SMILES string of the molecule is [2H]C([2H])([2H])C([2H])([2H])Oc1cc2c(cc1OC)[C@H]1C[C@@H](O)[C@H](CC(C)(C)C)CN1CC2. The van der Waals surface area contributed by atoms with E-state index in [1.807, 2.05) is 6.07 Å². The lowest BCUT2D eigenvalue weighted by molar-refractivity contribution is -0.0259. The zero-order valence-electron chi connectivity index (χ0n) is 20.6.